The van der Waals surface area contributed by atoms with Crippen molar-refractivity contribution in [3.8, 4) is 135 Å². The van der Waals surface area contributed by atoms with Crippen molar-refractivity contribution < 1.29 is 4.42 Å². The molecule has 0 unspecified atom stereocenters. The van der Waals surface area contributed by atoms with E-state index in [9.17, 15) is 0 Å². The molecule has 7 nitrogen and oxygen atoms in total. The third-order valence-corrected chi connectivity index (χ3v) is 26.6. The van der Waals surface area contributed by atoms with Crippen LogP contribution in [0.3, 0.4) is 0 Å². The normalized spacial score (nSPS) is 11.7. The van der Waals surface area contributed by atoms with Crippen LogP contribution in [0.4, 0.5) is 0 Å². The van der Waals surface area contributed by atoms with Crippen LogP contribution in [0, 0.1) is 0 Å². The molecule has 0 saturated heterocycles. The van der Waals surface area contributed by atoms with Gasteiger partial charge in [-0.2, -0.15) is 0 Å². The van der Waals surface area contributed by atoms with Gasteiger partial charge in [0.15, 0.2) is 11.6 Å². The predicted molar refractivity (Wildman–Crippen MR) is 506 cm³/mol. The Morgan fingerprint density at radius 3 is 1.13 bits per heavy atom. The first-order valence-corrected chi connectivity index (χ1v) is 42.6. The van der Waals surface area contributed by atoms with E-state index in [1.54, 1.807) is 0 Å². The van der Waals surface area contributed by atoms with Gasteiger partial charge in [-0.1, -0.05) is 334 Å². The highest BCUT2D eigenvalue weighted by molar-refractivity contribution is 7.27. The highest BCUT2D eigenvalue weighted by Crippen LogP contribution is 2.48. The van der Waals surface area contributed by atoms with Crippen molar-refractivity contribution in [3.63, 3.8) is 0 Å². The number of aromatic nitrogens is 6. The summed E-state index contributed by atoms with van der Waals surface area (Å²) in [5.41, 5.74) is 26.8. The molecule has 120 heavy (non-hydrogen) atoms. The van der Waals surface area contributed by atoms with Gasteiger partial charge in [0.25, 0.3) is 0 Å². The summed E-state index contributed by atoms with van der Waals surface area (Å²) in [5.74, 6) is 1.38. The van der Waals surface area contributed by atoms with Crippen LogP contribution in [0.2, 0.25) is 0 Å². The molecule has 0 amide bonds. The molecule has 0 fully saturated rings. The van der Waals surface area contributed by atoms with E-state index in [-0.39, 0.29) is 0 Å². The molecule has 560 valence electrons. The lowest BCUT2D eigenvalue weighted by Crippen LogP contribution is -1.96. The van der Waals surface area contributed by atoms with E-state index in [0.29, 0.717) is 11.6 Å². The van der Waals surface area contributed by atoms with Gasteiger partial charge in [-0.05, 0) is 106 Å². The van der Waals surface area contributed by atoms with Crippen LogP contribution in [-0.2, 0) is 0 Å². The number of furan rings is 1. The maximum atomic E-state index is 6.37. The second kappa shape index (κ2) is 29.6. The van der Waals surface area contributed by atoms with E-state index >= 15 is 0 Å². The SMILES string of the molecule is c1ccc(-c2ccc(-c3ccc4nc(-c5cccc(-c6cc(-c7cccc8c7sc7ccccc78)nc(-c7ccccc7)n6)c5)c5sc6ccccc6c5c4c3)cc2)cc1.c1ccc(-c2ccc3nc(-c4ccc(-c5cc(-c6ccc(-c7cccc8c7oc7ccccc78)cc6)nc(-c6ccccc6)n5)cc4)c4sc5ccccc5c4c3c2)cc1. The molecule has 8 aromatic heterocycles. The fraction of sp³-hybridized carbons (Fsp3) is 0. The van der Waals surface area contributed by atoms with Crippen LogP contribution in [0.15, 0.2) is 405 Å². The quantitative estimate of drug-likeness (QED) is 0.120. The number of fused-ring (bicyclic) bond motifs is 16. The Hall–Kier alpha value is -15.0. The van der Waals surface area contributed by atoms with Gasteiger partial charge in [0.1, 0.15) is 11.2 Å². The third kappa shape index (κ3) is 12.6. The van der Waals surface area contributed by atoms with Crippen LogP contribution in [-0.4, -0.2) is 29.9 Å². The molecule has 0 atom stereocenters. The van der Waals surface area contributed by atoms with Crippen molar-refractivity contribution in [3.05, 3.63) is 400 Å². The third-order valence-electron chi connectivity index (χ3n) is 23.0. The number of thiophene rings is 3. The van der Waals surface area contributed by atoms with Crippen LogP contribution < -0.4 is 0 Å². The van der Waals surface area contributed by atoms with Gasteiger partial charge in [0.2, 0.25) is 0 Å². The second-order valence-electron chi connectivity index (χ2n) is 30.3. The fourth-order valence-electron chi connectivity index (χ4n) is 17.1. The molecule has 0 N–H and O–H groups in total. The molecule has 24 rings (SSSR count). The van der Waals surface area contributed by atoms with Crippen molar-refractivity contribution in [2.24, 2.45) is 0 Å². The standard InChI is InChI=1S/C55H33N3OS.C55H33N3S2/c1-3-12-34(13-4-1)40-30-31-46-45(32-40)51-44-17-8-10-21-50(44)60-54(51)52(56-46)38-28-26-37(27-29-38)48-33-47(57-55(58-48)39-14-5-2-6-15-39)36-24-22-35(23-25-36)41-18-11-19-43-42-16-7-9-20-49(42)59-53(41)43;1-3-13-34(14-4-1)35-25-27-36(28-26-35)38-29-30-46-45(32-38)51-44-20-8-10-24-50(44)60-54(51)52(56-46)40-18-11-17-39(31-40)47-33-48(58-55(57-47)37-15-5-2-6-16-37)43-22-12-21-42-41-19-7-9-23-49(41)59-53(42)43/h2*1-33H. The predicted octanol–water partition coefficient (Wildman–Crippen LogP) is 31.1. The number of pyridine rings is 2. The summed E-state index contributed by atoms with van der Waals surface area (Å²) in [6.45, 7) is 0. The summed E-state index contributed by atoms with van der Waals surface area (Å²) >= 11 is 5.45. The van der Waals surface area contributed by atoms with Crippen molar-refractivity contribution in [1.29, 1.82) is 0 Å². The van der Waals surface area contributed by atoms with Gasteiger partial charge in [-0.3, -0.25) is 0 Å². The minimum atomic E-state index is 0.682. The number of hydrogen-bond acceptors (Lipinski definition) is 10. The summed E-state index contributed by atoms with van der Waals surface area (Å²) < 4.78 is 13.8. The second-order valence-corrected chi connectivity index (χ2v) is 33.4. The zero-order valence-corrected chi connectivity index (χ0v) is 66.9. The number of nitrogens with zero attached hydrogens (tertiary/aromatic N) is 6. The lowest BCUT2D eigenvalue weighted by atomic mass is 9.97. The number of para-hydroxylation sites is 2. The average molecular weight is 1580 g/mol. The molecule has 24 aromatic rings. The van der Waals surface area contributed by atoms with Crippen molar-refractivity contribution in [2.75, 3.05) is 0 Å². The molecule has 10 heteroatoms. The zero-order chi connectivity index (χ0) is 79.1. The van der Waals surface area contributed by atoms with Gasteiger partial charge in [0.05, 0.1) is 54.6 Å². The maximum absolute atomic E-state index is 6.37. The first-order chi connectivity index (χ1) is 59.4. The monoisotopic (exact) mass is 1580 g/mol. The molecule has 0 aliphatic carbocycles. The van der Waals surface area contributed by atoms with E-state index in [2.05, 4.69) is 352 Å². The maximum Gasteiger partial charge on any atom is 0.160 e. The Balaban J connectivity index is 0.000000140. The van der Waals surface area contributed by atoms with E-state index in [1.807, 2.05) is 82.5 Å². The highest BCUT2D eigenvalue weighted by Gasteiger charge is 2.23. The summed E-state index contributed by atoms with van der Waals surface area (Å²) in [5, 5.41) is 12.1. The van der Waals surface area contributed by atoms with E-state index in [1.165, 1.54) is 99.3 Å². The van der Waals surface area contributed by atoms with Crippen molar-refractivity contribution in [1.82, 2.24) is 29.9 Å². The van der Waals surface area contributed by atoms with Crippen molar-refractivity contribution in [2.45, 2.75) is 0 Å². The molecule has 0 aliphatic rings. The van der Waals surface area contributed by atoms with E-state index in [0.717, 1.165) is 128 Å². The Kier molecular flexibility index (Phi) is 17.4. The Bertz CT molecular complexity index is 8130. The number of benzene rings is 16. The molecular weight excluding hydrogens is 1520 g/mol. The Morgan fingerprint density at radius 1 is 0.192 bits per heavy atom. The van der Waals surface area contributed by atoms with Crippen LogP contribution in [0.1, 0.15) is 0 Å². The smallest absolute Gasteiger partial charge is 0.160 e. The Labute approximate surface area is 702 Å². The Morgan fingerprint density at radius 2 is 0.558 bits per heavy atom. The minimum Gasteiger partial charge on any atom is -0.455 e. The van der Waals surface area contributed by atoms with Crippen LogP contribution >= 0.6 is 34.0 Å². The van der Waals surface area contributed by atoms with Gasteiger partial charge < -0.3 is 4.42 Å². The fourth-order valence-corrected chi connectivity index (χ4v) is 20.8. The number of hydrogen-bond donors (Lipinski definition) is 0. The van der Waals surface area contributed by atoms with Gasteiger partial charge >= 0.3 is 0 Å². The summed E-state index contributed by atoms with van der Waals surface area (Å²) in [7, 11) is 0. The summed E-state index contributed by atoms with van der Waals surface area (Å²) in [6, 6.07) is 141. The molecule has 8 heterocycles. The van der Waals surface area contributed by atoms with E-state index < -0.39 is 0 Å². The molecule has 0 spiro atoms. The molecule has 0 aliphatic heterocycles. The molecular formula is C110H66N6OS3. The molecule has 0 saturated carbocycles. The number of rotatable bonds is 12. The average Bonchev–Trinajstić information content (AvgIpc) is 1.55. The lowest BCUT2D eigenvalue weighted by molar-refractivity contribution is 0.670. The van der Waals surface area contributed by atoms with Gasteiger partial charge in [0, 0.05) is 123 Å². The molecule has 0 radical (unpaired) electrons. The van der Waals surface area contributed by atoms with Gasteiger partial charge in [-0.15, -0.1) is 34.0 Å². The lowest BCUT2D eigenvalue weighted by Gasteiger charge is -2.12. The first kappa shape index (κ1) is 70.4. The van der Waals surface area contributed by atoms with Crippen LogP contribution in [0.25, 0.3) is 239 Å². The minimum absolute atomic E-state index is 0.682. The van der Waals surface area contributed by atoms with Gasteiger partial charge in [-0.25, -0.2) is 29.9 Å². The molecule has 16 aromatic carbocycles. The summed E-state index contributed by atoms with van der Waals surface area (Å²) in [6.07, 6.45) is 0. The summed E-state index contributed by atoms with van der Waals surface area (Å²) in [4.78, 5) is 31.5. The zero-order valence-electron chi connectivity index (χ0n) is 64.4. The molecule has 0 bridgehead atoms. The first-order valence-electron chi connectivity index (χ1n) is 40.2. The largest absolute Gasteiger partial charge is 0.455 e. The topological polar surface area (TPSA) is 90.5 Å². The van der Waals surface area contributed by atoms with E-state index in [4.69, 9.17) is 34.3 Å². The highest BCUT2D eigenvalue weighted by atomic mass is 32.1. The van der Waals surface area contributed by atoms with Crippen LogP contribution in [0.5, 0.6) is 0 Å². The van der Waals surface area contributed by atoms with Crippen molar-refractivity contribution >= 4 is 138 Å².